The molecule has 0 bridgehead atoms. The van der Waals surface area contributed by atoms with Crippen molar-refractivity contribution in [1.82, 2.24) is 0 Å². The summed E-state index contributed by atoms with van der Waals surface area (Å²) < 4.78 is 10.6. The summed E-state index contributed by atoms with van der Waals surface area (Å²) in [5, 5.41) is 3.10. The lowest BCUT2D eigenvalue weighted by Crippen LogP contribution is -2.28. The van der Waals surface area contributed by atoms with Crippen molar-refractivity contribution in [2.45, 2.75) is 40.0 Å². The summed E-state index contributed by atoms with van der Waals surface area (Å²) in [5.41, 5.74) is 7.01. The topological polar surface area (TPSA) is 68.9 Å². The number of methoxy groups -OCH3 is 2. The van der Waals surface area contributed by atoms with Crippen molar-refractivity contribution >= 4 is 35.6 Å². The maximum Gasteiger partial charge on any atom is 0.193 e. The first-order valence-electron chi connectivity index (χ1n) is 7.83. The van der Waals surface area contributed by atoms with E-state index in [1.807, 2.05) is 18.2 Å². The van der Waals surface area contributed by atoms with Gasteiger partial charge in [0.15, 0.2) is 5.96 Å². The molecule has 3 N–H and O–H groups in total. The maximum absolute atomic E-state index is 6.03. The highest BCUT2D eigenvalue weighted by atomic mass is 127. The van der Waals surface area contributed by atoms with Crippen molar-refractivity contribution in [2.24, 2.45) is 16.1 Å². The molecule has 23 heavy (non-hydrogen) atoms. The van der Waals surface area contributed by atoms with Gasteiger partial charge in [0, 0.05) is 12.6 Å². The minimum absolute atomic E-state index is 0. The summed E-state index contributed by atoms with van der Waals surface area (Å²) in [4.78, 5) is 4.52. The summed E-state index contributed by atoms with van der Waals surface area (Å²) in [5.74, 6) is 1.83. The van der Waals surface area contributed by atoms with Crippen LogP contribution in [-0.4, -0.2) is 26.7 Å². The Balaban J connectivity index is 0.00000484. The van der Waals surface area contributed by atoms with Crippen LogP contribution in [0.1, 0.15) is 40.0 Å². The highest BCUT2D eigenvalue weighted by Crippen LogP contribution is 2.31. The molecule has 5 nitrogen and oxygen atoms in total. The molecule has 0 saturated carbocycles. The van der Waals surface area contributed by atoms with Gasteiger partial charge in [0.2, 0.25) is 0 Å². The summed E-state index contributed by atoms with van der Waals surface area (Å²) in [6, 6.07) is 5.52. The van der Waals surface area contributed by atoms with Crippen LogP contribution in [0, 0.1) is 5.41 Å². The van der Waals surface area contributed by atoms with Crippen LogP contribution >= 0.6 is 24.0 Å². The number of benzene rings is 1. The van der Waals surface area contributed by atoms with E-state index in [9.17, 15) is 0 Å². The van der Waals surface area contributed by atoms with Crippen LogP contribution in [0.3, 0.4) is 0 Å². The van der Waals surface area contributed by atoms with E-state index in [-0.39, 0.29) is 29.4 Å². The third-order valence-corrected chi connectivity index (χ3v) is 4.50. The fraction of sp³-hybridized carbons (Fsp3) is 0.588. The monoisotopic (exact) mass is 435 g/mol. The minimum atomic E-state index is 0. The summed E-state index contributed by atoms with van der Waals surface area (Å²) >= 11 is 0. The Hall–Kier alpha value is -1.18. The van der Waals surface area contributed by atoms with E-state index < -0.39 is 0 Å². The quantitative estimate of drug-likeness (QED) is 0.364. The molecule has 132 valence electrons. The van der Waals surface area contributed by atoms with Gasteiger partial charge in [-0.3, -0.25) is 4.99 Å². The zero-order valence-electron chi connectivity index (χ0n) is 14.8. The van der Waals surface area contributed by atoms with Gasteiger partial charge in [-0.1, -0.05) is 20.8 Å². The van der Waals surface area contributed by atoms with E-state index in [0.29, 0.717) is 11.7 Å². The zero-order valence-corrected chi connectivity index (χ0v) is 17.1. The number of rotatable bonds is 8. The second-order valence-electron chi connectivity index (χ2n) is 5.45. The number of hydrogen-bond donors (Lipinski definition) is 2. The number of guanidine groups is 1. The molecular formula is C17H30IN3O2. The Bertz CT molecular complexity index is 494. The second-order valence-corrected chi connectivity index (χ2v) is 5.45. The van der Waals surface area contributed by atoms with E-state index in [4.69, 9.17) is 15.2 Å². The van der Waals surface area contributed by atoms with Crippen molar-refractivity contribution in [3.05, 3.63) is 18.2 Å². The molecule has 1 rings (SSSR count). The number of hydrogen-bond acceptors (Lipinski definition) is 3. The van der Waals surface area contributed by atoms with Crippen LogP contribution in [0.2, 0.25) is 0 Å². The smallest absolute Gasteiger partial charge is 0.193 e. The number of nitrogens with one attached hydrogen (secondary N) is 1. The first-order chi connectivity index (χ1) is 10.5. The Morgan fingerprint density at radius 3 is 2.22 bits per heavy atom. The lowest BCUT2D eigenvalue weighted by Gasteiger charge is -2.28. The van der Waals surface area contributed by atoms with Crippen LogP contribution in [0.25, 0.3) is 0 Å². The molecule has 0 fully saturated rings. The predicted molar refractivity (Wildman–Crippen MR) is 108 cm³/mol. The number of nitrogens with zero attached hydrogens (tertiary/aromatic N) is 1. The predicted octanol–water partition coefficient (Wildman–Crippen LogP) is 4.26. The van der Waals surface area contributed by atoms with E-state index in [1.54, 1.807) is 14.2 Å². The highest BCUT2D eigenvalue weighted by molar-refractivity contribution is 14.0. The zero-order chi connectivity index (χ0) is 16.6. The van der Waals surface area contributed by atoms with Gasteiger partial charge < -0.3 is 20.5 Å². The first kappa shape index (κ1) is 21.8. The van der Waals surface area contributed by atoms with Gasteiger partial charge in [-0.2, -0.15) is 0 Å². The van der Waals surface area contributed by atoms with Crippen molar-refractivity contribution in [1.29, 1.82) is 0 Å². The molecule has 0 amide bonds. The van der Waals surface area contributed by atoms with Crippen LogP contribution in [0.5, 0.6) is 11.5 Å². The van der Waals surface area contributed by atoms with E-state index >= 15 is 0 Å². The van der Waals surface area contributed by atoms with Crippen LogP contribution in [0.4, 0.5) is 5.69 Å². The largest absolute Gasteiger partial charge is 0.497 e. The van der Waals surface area contributed by atoms with E-state index in [1.165, 1.54) is 0 Å². The molecule has 0 aromatic heterocycles. The van der Waals surface area contributed by atoms with Gasteiger partial charge in [-0.15, -0.1) is 24.0 Å². The lowest BCUT2D eigenvalue weighted by molar-refractivity contribution is 0.263. The SMILES string of the molecule is CCC(CC)(CC)CN=C(N)Nc1cc(OC)ccc1OC.I. The summed E-state index contributed by atoms with van der Waals surface area (Å²) in [6.07, 6.45) is 3.29. The van der Waals surface area contributed by atoms with Gasteiger partial charge in [0.1, 0.15) is 11.5 Å². The lowest BCUT2D eigenvalue weighted by atomic mass is 9.80. The normalized spacial score (nSPS) is 11.6. The molecule has 0 aliphatic rings. The number of halogens is 1. The van der Waals surface area contributed by atoms with Gasteiger partial charge in [-0.05, 0) is 36.8 Å². The van der Waals surface area contributed by atoms with Crippen LogP contribution in [0.15, 0.2) is 23.2 Å². The Labute approximate surface area is 157 Å². The molecule has 0 unspecified atom stereocenters. The molecule has 0 spiro atoms. The first-order valence-corrected chi connectivity index (χ1v) is 7.83. The standard InChI is InChI=1S/C17H29N3O2.HI/c1-6-17(7-2,8-3)12-19-16(18)20-14-11-13(21-4)9-10-15(14)22-5;/h9-11H,6-8,12H2,1-5H3,(H3,18,19,20);1H. The van der Waals surface area contributed by atoms with Gasteiger partial charge in [0.05, 0.1) is 19.9 Å². The molecule has 6 heteroatoms. The Kier molecular flexibility index (Phi) is 10.0. The number of ether oxygens (including phenoxy) is 2. The fourth-order valence-corrected chi connectivity index (χ4v) is 2.43. The molecular weight excluding hydrogens is 405 g/mol. The number of aliphatic imine (C=N–C) groups is 1. The number of nitrogens with two attached hydrogens (primary N) is 1. The van der Waals surface area contributed by atoms with Crippen molar-refractivity contribution < 1.29 is 9.47 Å². The van der Waals surface area contributed by atoms with Crippen molar-refractivity contribution in [2.75, 3.05) is 26.1 Å². The molecule has 0 aliphatic carbocycles. The third-order valence-electron chi connectivity index (χ3n) is 4.50. The Morgan fingerprint density at radius 2 is 1.74 bits per heavy atom. The van der Waals surface area contributed by atoms with E-state index in [2.05, 4.69) is 31.1 Å². The number of anilines is 1. The minimum Gasteiger partial charge on any atom is -0.497 e. The molecule has 0 aliphatic heterocycles. The second kappa shape index (κ2) is 10.6. The van der Waals surface area contributed by atoms with Crippen LogP contribution in [-0.2, 0) is 0 Å². The Morgan fingerprint density at radius 1 is 1.13 bits per heavy atom. The highest BCUT2D eigenvalue weighted by Gasteiger charge is 2.23. The third kappa shape index (κ3) is 6.08. The molecule has 0 atom stereocenters. The van der Waals surface area contributed by atoms with Gasteiger partial charge in [0.25, 0.3) is 0 Å². The van der Waals surface area contributed by atoms with Crippen LogP contribution < -0.4 is 20.5 Å². The van der Waals surface area contributed by atoms with E-state index in [0.717, 1.165) is 37.2 Å². The average molecular weight is 435 g/mol. The molecule has 0 saturated heterocycles. The fourth-order valence-electron chi connectivity index (χ4n) is 2.43. The molecule has 1 aromatic carbocycles. The molecule has 1 aromatic rings. The molecule has 0 radical (unpaired) electrons. The van der Waals surface area contributed by atoms with Gasteiger partial charge in [-0.25, -0.2) is 0 Å². The average Bonchev–Trinajstić information content (AvgIpc) is 2.56. The summed E-state index contributed by atoms with van der Waals surface area (Å²) in [6.45, 7) is 7.34. The maximum atomic E-state index is 6.03. The van der Waals surface area contributed by atoms with Crippen molar-refractivity contribution in [3.8, 4) is 11.5 Å². The summed E-state index contributed by atoms with van der Waals surface area (Å²) in [7, 11) is 3.25. The van der Waals surface area contributed by atoms with Gasteiger partial charge >= 0.3 is 0 Å². The van der Waals surface area contributed by atoms with Crippen molar-refractivity contribution in [3.63, 3.8) is 0 Å². The molecule has 0 heterocycles.